The zero-order valence-electron chi connectivity index (χ0n) is 16.3. The second-order valence-corrected chi connectivity index (χ2v) is 6.69. The number of carbonyl (C=O) groups excluding carboxylic acids is 1. The number of hydrogen-bond acceptors (Lipinski definition) is 5. The highest BCUT2D eigenvalue weighted by Gasteiger charge is 2.17. The number of rotatable bonds is 5. The molecular weight excluding hydrogens is 362 g/mol. The van der Waals surface area contributed by atoms with E-state index in [4.69, 9.17) is 0 Å². The topological polar surface area (TPSA) is 71.0 Å². The van der Waals surface area contributed by atoms with E-state index in [2.05, 4.69) is 20.3 Å². The van der Waals surface area contributed by atoms with Crippen molar-refractivity contribution in [2.24, 2.45) is 0 Å². The molecule has 2 heterocycles. The Morgan fingerprint density at radius 1 is 1.00 bits per heavy atom. The van der Waals surface area contributed by atoms with E-state index in [1.54, 1.807) is 23.5 Å². The number of aryl methyl sites for hydroxylation is 1. The smallest absolute Gasteiger partial charge is 0.261 e. The molecule has 0 saturated carbocycles. The van der Waals surface area contributed by atoms with Crippen molar-refractivity contribution >= 4 is 34.1 Å². The first-order valence-electron chi connectivity index (χ1n) is 9.47. The van der Waals surface area contributed by atoms with Crippen molar-refractivity contribution in [1.82, 2.24) is 15.0 Å². The van der Waals surface area contributed by atoms with Crippen LogP contribution in [0.25, 0.3) is 10.9 Å². The summed E-state index contributed by atoms with van der Waals surface area (Å²) in [5.41, 5.74) is 4.07. The lowest BCUT2D eigenvalue weighted by atomic mass is 10.2. The first-order chi connectivity index (χ1) is 14.2. The number of aromatic nitrogens is 3. The largest absolute Gasteiger partial charge is 0.322 e. The number of para-hydroxylation sites is 1. The average Bonchev–Trinajstić information content (AvgIpc) is 2.75. The van der Waals surface area contributed by atoms with Crippen LogP contribution < -0.4 is 10.2 Å². The van der Waals surface area contributed by atoms with Crippen molar-refractivity contribution in [3.05, 3.63) is 84.3 Å². The summed E-state index contributed by atoms with van der Waals surface area (Å²) in [7, 11) is 0. The van der Waals surface area contributed by atoms with Gasteiger partial charge < -0.3 is 10.2 Å². The van der Waals surface area contributed by atoms with Crippen LogP contribution in [0, 0.1) is 6.92 Å². The van der Waals surface area contributed by atoms with Gasteiger partial charge in [0, 0.05) is 36.2 Å². The van der Waals surface area contributed by atoms with Gasteiger partial charge in [0.15, 0.2) is 0 Å². The van der Waals surface area contributed by atoms with Gasteiger partial charge in [-0.25, -0.2) is 9.97 Å². The predicted molar refractivity (Wildman–Crippen MR) is 116 cm³/mol. The van der Waals surface area contributed by atoms with Crippen LogP contribution in [0.3, 0.4) is 0 Å². The lowest BCUT2D eigenvalue weighted by Crippen LogP contribution is -2.30. The zero-order chi connectivity index (χ0) is 20.2. The molecule has 0 radical (unpaired) electrons. The number of carbonyl (C=O) groups is 1. The SMILES string of the molecule is CCN(C(=O)c1cnc(Nc2cccc3cccnc23)nc1)c1cccc(C)c1. The fourth-order valence-corrected chi connectivity index (χ4v) is 3.22. The number of hydrogen-bond donors (Lipinski definition) is 1. The Bertz CT molecular complexity index is 1150. The van der Waals surface area contributed by atoms with Crippen molar-refractivity contribution in [3.8, 4) is 0 Å². The van der Waals surface area contributed by atoms with Gasteiger partial charge in [0.1, 0.15) is 0 Å². The third-order valence-corrected chi connectivity index (χ3v) is 4.65. The average molecular weight is 383 g/mol. The summed E-state index contributed by atoms with van der Waals surface area (Å²) in [5.74, 6) is 0.287. The van der Waals surface area contributed by atoms with Gasteiger partial charge in [-0.2, -0.15) is 0 Å². The molecule has 6 nitrogen and oxygen atoms in total. The predicted octanol–water partition coefficient (Wildman–Crippen LogP) is 4.74. The third-order valence-electron chi connectivity index (χ3n) is 4.65. The van der Waals surface area contributed by atoms with Gasteiger partial charge >= 0.3 is 0 Å². The summed E-state index contributed by atoms with van der Waals surface area (Å²) in [6.45, 7) is 4.52. The molecule has 144 valence electrons. The molecule has 2 aromatic carbocycles. The molecule has 0 atom stereocenters. The number of anilines is 3. The number of amides is 1. The van der Waals surface area contributed by atoms with Crippen LogP contribution in [0.1, 0.15) is 22.8 Å². The normalized spacial score (nSPS) is 10.7. The lowest BCUT2D eigenvalue weighted by Gasteiger charge is -2.21. The molecule has 6 heteroatoms. The van der Waals surface area contributed by atoms with Gasteiger partial charge in [-0.15, -0.1) is 0 Å². The molecule has 4 rings (SSSR count). The molecule has 0 aliphatic carbocycles. The van der Waals surface area contributed by atoms with Crippen molar-refractivity contribution in [1.29, 1.82) is 0 Å². The zero-order valence-corrected chi connectivity index (χ0v) is 16.3. The minimum atomic E-state index is -0.128. The highest BCUT2D eigenvalue weighted by atomic mass is 16.2. The number of fused-ring (bicyclic) bond motifs is 1. The molecule has 0 aliphatic heterocycles. The second-order valence-electron chi connectivity index (χ2n) is 6.69. The van der Waals surface area contributed by atoms with Crippen LogP contribution in [0.4, 0.5) is 17.3 Å². The van der Waals surface area contributed by atoms with Crippen LogP contribution in [-0.2, 0) is 0 Å². The van der Waals surface area contributed by atoms with E-state index in [1.807, 2.05) is 68.4 Å². The van der Waals surface area contributed by atoms with Crippen molar-refractivity contribution < 1.29 is 4.79 Å². The minimum Gasteiger partial charge on any atom is -0.322 e. The Morgan fingerprint density at radius 2 is 1.76 bits per heavy atom. The van der Waals surface area contributed by atoms with E-state index in [9.17, 15) is 4.79 Å². The number of nitrogens with one attached hydrogen (secondary N) is 1. The maximum atomic E-state index is 12.9. The van der Waals surface area contributed by atoms with Crippen LogP contribution in [-0.4, -0.2) is 27.4 Å². The molecule has 2 aromatic heterocycles. The van der Waals surface area contributed by atoms with Crippen LogP contribution in [0.15, 0.2) is 73.2 Å². The van der Waals surface area contributed by atoms with Crippen molar-refractivity contribution in [3.63, 3.8) is 0 Å². The summed E-state index contributed by atoms with van der Waals surface area (Å²) < 4.78 is 0. The first-order valence-corrected chi connectivity index (χ1v) is 9.47. The van der Waals surface area contributed by atoms with Gasteiger partial charge in [-0.1, -0.05) is 30.3 Å². The van der Waals surface area contributed by atoms with Gasteiger partial charge in [-0.05, 0) is 43.7 Å². The van der Waals surface area contributed by atoms with E-state index in [1.165, 1.54) is 0 Å². The monoisotopic (exact) mass is 383 g/mol. The summed E-state index contributed by atoms with van der Waals surface area (Å²) in [5, 5.41) is 4.21. The standard InChI is InChI=1S/C23H21N5O/c1-3-28(19-10-4-7-16(2)13-19)22(29)18-14-25-23(26-15-18)27-20-11-5-8-17-9-6-12-24-21(17)20/h4-15H,3H2,1-2H3,(H,25,26,27). The maximum absolute atomic E-state index is 12.9. The molecule has 0 fully saturated rings. The van der Waals surface area contributed by atoms with E-state index >= 15 is 0 Å². The molecule has 29 heavy (non-hydrogen) atoms. The highest BCUT2D eigenvalue weighted by Crippen LogP contribution is 2.23. The van der Waals surface area contributed by atoms with E-state index in [0.717, 1.165) is 27.8 Å². The lowest BCUT2D eigenvalue weighted by molar-refractivity contribution is 0.0987. The molecule has 4 aromatic rings. The molecule has 0 saturated heterocycles. The van der Waals surface area contributed by atoms with Gasteiger partial charge in [-0.3, -0.25) is 9.78 Å². The molecule has 0 bridgehead atoms. The molecule has 0 spiro atoms. The number of pyridine rings is 1. The van der Waals surface area contributed by atoms with E-state index in [-0.39, 0.29) is 5.91 Å². The minimum absolute atomic E-state index is 0.128. The fraction of sp³-hybridized carbons (Fsp3) is 0.130. The van der Waals surface area contributed by atoms with Crippen LogP contribution in [0.2, 0.25) is 0 Å². The fourth-order valence-electron chi connectivity index (χ4n) is 3.22. The Hall–Kier alpha value is -3.80. The Morgan fingerprint density at radius 3 is 2.52 bits per heavy atom. The number of nitrogens with zero attached hydrogens (tertiary/aromatic N) is 4. The van der Waals surface area contributed by atoms with Gasteiger partial charge in [0.05, 0.1) is 16.8 Å². The van der Waals surface area contributed by atoms with Gasteiger partial charge in [0.25, 0.3) is 5.91 Å². The second kappa shape index (κ2) is 8.06. The Kier molecular flexibility index (Phi) is 5.16. The summed E-state index contributed by atoms with van der Waals surface area (Å²) >= 11 is 0. The van der Waals surface area contributed by atoms with E-state index < -0.39 is 0 Å². The highest BCUT2D eigenvalue weighted by molar-refractivity contribution is 6.05. The van der Waals surface area contributed by atoms with Gasteiger partial charge in [0.2, 0.25) is 5.95 Å². The molecular formula is C23H21N5O. The first kappa shape index (κ1) is 18.6. The number of benzene rings is 2. The Balaban J connectivity index is 1.56. The summed E-state index contributed by atoms with van der Waals surface area (Å²) in [4.78, 5) is 27.7. The van der Waals surface area contributed by atoms with Crippen molar-refractivity contribution in [2.45, 2.75) is 13.8 Å². The van der Waals surface area contributed by atoms with E-state index in [0.29, 0.717) is 18.1 Å². The quantitative estimate of drug-likeness (QED) is 0.539. The maximum Gasteiger partial charge on any atom is 0.261 e. The Labute approximate surface area is 169 Å². The summed E-state index contributed by atoms with van der Waals surface area (Å²) in [6.07, 6.45) is 4.85. The van der Waals surface area contributed by atoms with Crippen LogP contribution >= 0.6 is 0 Å². The van der Waals surface area contributed by atoms with Crippen LogP contribution in [0.5, 0.6) is 0 Å². The summed E-state index contributed by atoms with van der Waals surface area (Å²) in [6, 6.07) is 17.7. The van der Waals surface area contributed by atoms with Crippen molar-refractivity contribution in [2.75, 3.05) is 16.8 Å². The molecule has 1 amide bonds. The molecule has 1 N–H and O–H groups in total. The third kappa shape index (κ3) is 3.91. The molecule has 0 aliphatic rings. The molecule has 0 unspecified atom stereocenters.